The summed E-state index contributed by atoms with van der Waals surface area (Å²) in [6.45, 7) is 4.67. The number of hydrogen-bond donors (Lipinski definition) is 0. The van der Waals surface area contributed by atoms with Gasteiger partial charge in [0, 0.05) is 19.8 Å². The molecule has 30 heavy (non-hydrogen) atoms. The number of amides is 3. The van der Waals surface area contributed by atoms with Crippen molar-refractivity contribution < 1.29 is 14.2 Å². The summed E-state index contributed by atoms with van der Waals surface area (Å²) in [7, 11) is 3.20. The SMILES string of the molecule is Cc1ccc(CSC2=[N+](Cc3cccc(C)c3)C3C(=O)N(C)C(=O)N(C)C3=N2)cc1. The zero-order valence-corrected chi connectivity index (χ0v) is 18.4. The average Bonchev–Trinajstić information content (AvgIpc) is 3.08. The third-order valence-electron chi connectivity index (χ3n) is 5.42. The number of benzene rings is 2. The Morgan fingerprint density at radius 1 is 0.967 bits per heavy atom. The zero-order chi connectivity index (χ0) is 21.4. The van der Waals surface area contributed by atoms with Crippen LogP contribution in [0.1, 0.15) is 22.3 Å². The number of carbonyl (C=O) groups is 2. The molecule has 154 valence electrons. The number of amidine groups is 2. The maximum atomic E-state index is 13.0. The summed E-state index contributed by atoms with van der Waals surface area (Å²) >= 11 is 1.59. The van der Waals surface area contributed by atoms with Crippen molar-refractivity contribution in [3.63, 3.8) is 0 Å². The molecule has 2 aromatic carbocycles. The molecule has 4 rings (SSSR count). The summed E-state index contributed by atoms with van der Waals surface area (Å²) in [6.07, 6.45) is 0. The number of carbonyl (C=O) groups excluding carboxylic acids is 2. The van der Waals surface area contributed by atoms with Crippen molar-refractivity contribution in [3.05, 3.63) is 70.8 Å². The standard InChI is InChI=1S/C23H25N4O2S/c1-15-8-10-17(11-9-15)14-30-22-24-20-19(21(28)26(4)23(29)25(20)3)27(22)13-18-7-5-6-16(2)12-18/h5-12,19H,13-14H2,1-4H3/q+1. The van der Waals surface area contributed by atoms with E-state index in [0.29, 0.717) is 12.4 Å². The van der Waals surface area contributed by atoms with Gasteiger partial charge in [-0.25, -0.2) is 9.37 Å². The lowest BCUT2D eigenvalue weighted by Crippen LogP contribution is -2.61. The van der Waals surface area contributed by atoms with Gasteiger partial charge in [-0.1, -0.05) is 59.7 Å². The molecule has 0 radical (unpaired) electrons. The third-order valence-corrected chi connectivity index (χ3v) is 6.48. The number of likely N-dealkylation sites (N-methyl/N-ethyl adjacent to an activating group) is 2. The third kappa shape index (κ3) is 3.77. The first-order chi connectivity index (χ1) is 14.3. The van der Waals surface area contributed by atoms with Crippen LogP contribution in [0.15, 0.2) is 53.5 Å². The van der Waals surface area contributed by atoms with Crippen LogP contribution in [0.3, 0.4) is 0 Å². The Labute approximate surface area is 180 Å². The van der Waals surface area contributed by atoms with Crippen LogP contribution in [0.4, 0.5) is 4.79 Å². The number of fused-ring (bicyclic) bond motifs is 1. The average molecular weight is 422 g/mol. The minimum absolute atomic E-state index is 0.240. The molecule has 3 amide bonds. The van der Waals surface area contributed by atoms with Gasteiger partial charge in [-0.2, -0.15) is 0 Å². The summed E-state index contributed by atoms with van der Waals surface area (Å²) in [5, 5.41) is 0.764. The molecule has 7 heteroatoms. The normalized spacial score (nSPS) is 18.8. The van der Waals surface area contributed by atoms with E-state index >= 15 is 0 Å². The van der Waals surface area contributed by atoms with Crippen molar-refractivity contribution in [3.8, 4) is 0 Å². The summed E-state index contributed by atoms with van der Waals surface area (Å²) < 4.78 is 2.02. The van der Waals surface area contributed by atoms with Crippen LogP contribution in [0.5, 0.6) is 0 Å². The van der Waals surface area contributed by atoms with Gasteiger partial charge in [-0.15, -0.1) is 0 Å². The van der Waals surface area contributed by atoms with Crippen LogP contribution in [-0.4, -0.2) is 57.5 Å². The van der Waals surface area contributed by atoms with Crippen LogP contribution < -0.4 is 0 Å². The van der Waals surface area contributed by atoms with Crippen molar-refractivity contribution in [1.82, 2.24) is 9.80 Å². The Balaban J connectivity index is 1.69. The molecule has 6 nitrogen and oxygen atoms in total. The fourth-order valence-electron chi connectivity index (χ4n) is 3.69. The lowest BCUT2D eigenvalue weighted by Gasteiger charge is -2.30. The summed E-state index contributed by atoms with van der Waals surface area (Å²) in [4.78, 5) is 32.8. The molecule has 0 aliphatic carbocycles. The zero-order valence-electron chi connectivity index (χ0n) is 17.6. The van der Waals surface area contributed by atoms with E-state index in [1.165, 1.54) is 33.5 Å². The van der Waals surface area contributed by atoms with Gasteiger partial charge in [0.1, 0.15) is 6.54 Å². The van der Waals surface area contributed by atoms with Crippen LogP contribution in [0.25, 0.3) is 0 Å². The van der Waals surface area contributed by atoms with Crippen LogP contribution in [0.2, 0.25) is 0 Å². The highest BCUT2D eigenvalue weighted by Crippen LogP contribution is 2.26. The van der Waals surface area contributed by atoms with E-state index in [1.807, 2.05) is 10.6 Å². The van der Waals surface area contributed by atoms with E-state index in [9.17, 15) is 9.59 Å². The first-order valence-corrected chi connectivity index (χ1v) is 10.8. The second-order valence-electron chi connectivity index (χ2n) is 7.79. The summed E-state index contributed by atoms with van der Waals surface area (Å²) in [6, 6.07) is 15.7. The van der Waals surface area contributed by atoms with Gasteiger partial charge in [-0.05, 0) is 41.7 Å². The van der Waals surface area contributed by atoms with E-state index in [2.05, 4.69) is 56.3 Å². The minimum atomic E-state index is -0.585. The highest BCUT2D eigenvalue weighted by molar-refractivity contribution is 8.13. The van der Waals surface area contributed by atoms with E-state index < -0.39 is 6.04 Å². The van der Waals surface area contributed by atoms with Crippen molar-refractivity contribution >= 4 is 34.7 Å². The first-order valence-electron chi connectivity index (χ1n) is 9.86. The van der Waals surface area contributed by atoms with Gasteiger partial charge < -0.3 is 0 Å². The smallest absolute Gasteiger partial charge is 0.269 e. The first kappa shape index (κ1) is 20.3. The fraction of sp³-hybridized carbons (Fsp3) is 0.304. The van der Waals surface area contributed by atoms with E-state index in [0.717, 1.165) is 16.5 Å². The Morgan fingerprint density at radius 3 is 2.40 bits per heavy atom. The van der Waals surface area contributed by atoms with Crippen molar-refractivity contribution in [1.29, 1.82) is 0 Å². The molecule has 0 spiro atoms. The van der Waals surface area contributed by atoms with Gasteiger partial charge in [0.25, 0.3) is 17.8 Å². The number of nitrogens with zero attached hydrogens (tertiary/aromatic N) is 4. The molecule has 2 heterocycles. The second-order valence-corrected chi connectivity index (χ2v) is 8.73. The molecule has 2 aromatic rings. The summed E-state index contributed by atoms with van der Waals surface area (Å²) in [5.74, 6) is 1.00. The van der Waals surface area contributed by atoms with Crippen molar-refractivity contribution in [2.75, 3.05) is 14.1 Å². The van der Waals surface area contributed by atoms with Gasteiger partial charge in [0.05, 0.1) is 0 Å². The number of aryl methyl sites for hydroxylation is 2. The molecular weight excluding hydrogens is 396 g/mol. The Bertz CT molecular complexity index is 1070. The maximum Gasteiger partial charge on any atom is 0.358 e. The van der Waals surface area contributed by atoms with Gasteiger partial charge in [0.15, 0.2) is 0 Å². The number of aliphatic imine (C=N–C) groups is 1. The second kappa shape index (κ2) is 8.07. The number of rotatable bonds is 4. The van der Waals surface area contributed by atoms with Crippen LogP contribution >= 0.6 is 11.8 Å². The van der Waals surface area contributed by atoms with Gasteiger partial charge in [-0.3, -0.25) is 14.6 Å². The largest absolute Gasteiger partial charge is 0.358 e. The van der Waals surface area contributed by atoms with E-state index in [4.69, 9.17) is 4.99 Å². The molecule has 0 N–H and O–H groups in total. The van der Waals surface area contributed by atoms with Crippen LogP contribution in [-0.2, 0) is 17.1 Å². The lowest BCUT2D eigenvalue weighted by atomic mass is 10.1. The molecule has 2 aliphatic rings. The molecule has 1 saturated heterocycles. The Morgan fingerprint density at radius 2 is 1.70 bits per heavy atom. The summed E-state index contributed by atoms with van der Waals surface area (Å²) in [5.41, 5.74) is 4.69. The predicted octanol–water partition coefficient (Wildman–Crippen LogP) is 3.41. The van der Waals surface area contributed by atoms with Crippen molar-refractivity contribution in [2.45, 2.75) is 32.2 Å². The molecular formula is C23H25N4O2S+. The van der Waals surface area contributed by atoms with Gasteiger partial charge >= 0.3 is 11.2 Å². The monoisotopic (exact) mass is 421 g/mol. The molecule has 0 aromatic heterocycles. The Kier molecular flexibility index (Phi) is 5.47. The lowest BCUT2D eigenvalue weighted by molar-refractivity contribution is -0.548. The van der Waals surface area contributed by atoms with Crippen molar-refractivity contribution in [2.24, 2.45) is 4.99 Å². The molecule has 0 saturated carbocycles. The maximum absolute atomic E-state index is 13.0. The fourth-order valence-corrected chi connectivity index (χ4v) is 4.67. The van der Waals surface area contributed by atoms with Gasteiger partial charge in [0.2, 0.25) is 0 Å². The van der Waals surface area contributed by atoms with E-state index in [1.54, 1.807) is 18.8 Å². The Hall–Kier alpha value is -2.93. The molecule has 1 atom stereocenters. The topological polar surface area (TPSA) is 56.0 Å². The highest BCUT2D eigenvalue weighted by Gasteiger charge is 2.53. The molecule has 1 unspecified atom stereocenters. The molecule has 2 aliphatic heterocycles. The van der Waals surface area contributed by atoms with Crippen LogP contribution in [0, 0.1) is 13.8 Å². The number of imide groups is 1. The number of thioether (sulfide) groups is 1. The highest BCUT2D eigenvalue weighted by atomic mass is 32.2. The number of hydrogen-bond acceptors (Lipinski definition) is 4. The van der Waals surface area contributed by atoms with E-state index in [-0.39, 0.29) is 11.9 Å². The molecule has 0 bridgehead atoms. The molecule has 1 fully saturated rings. The quantitative estimate of drug-likeness (QED) is 0.711. The minimum Gasteiger partial charge on any atom is -0.269 e. The number of urea groups is 1. The predicted molar refractivity (Wildman–Crippen MR) is 120 cm³/mol.